The minimum absolute atomic E-state index is 0.568. The maximum atomic E-state index is 6.54. The molecule has 0 aliphatic carbocycles. The summed E-state index contributed by atoms with van der Waals surface area (Å²) < 4.78 is 17.9. The smallest absolute Gasteiger partial charge is 0.393 e. The molecule has 2 atom stereocenters. The highest BCUT2D eigenvalue weighted by atomic mass is 28.4. The maximum Gasteiger partial charge on any atom is 0.408 e. The lowest BCUT2D eigenvalue weighted by molar-refractivity contribution is -0.0602. The molecule has 0 amide bonds. The van der Waals surface area contributed by atoms with E-state index in [0.717, 1.165) is 17.2 Å². The second-order valence-electron chi connectivity index (χ2n) is 5.66. The van der Waals surface area contributed by atoms with Gasteiger partial charge < -0.3 is 30.8 Å². The minimum atomic E-state index is -3.08. The van der Waals surface area contributed by atoms with Crippen molar-refractivity contribution in [2.45, 2.75) is 50.5 Å². The van der Waals surface area contributed by atoms with E-state index in [1.165, 1.54) is 0 Å². The van der Waals surface area contributed by atoms with Gasteiger partial charge in [0.2, 0.25) is 0 Å². The zero-order valence-corrected chi connectivity index (χ0v) is 15.6. The molecule has 0 bridgehead atoms. The predicted molar refractivity (Wildman–Crippen MR) is 91.0 cm³/mol. The van der Waals surface area contributed by atoms with Crippen LogP contribution in [0.2, 0.25) is 0 Å². The Bertz CT molecular complexity index is 461. The van der Waals surface area contributed by atoms with Gasteiger partial charge >= 0.3 is 8.56 Å². The monoisotopic (exact) mass is 329 g/mol. The molecule has 0 aromatic rings. The Balaban J connectivity index is 3.82. The Morgan fingerprint density at radius 3 is 2.00 bits per heavy atom. The van der Waals surface area contributed by atoms with E-state index in [2.05, 4.69) is 0 Å². The van der Waals surface area contributed by atoms with Crippen molar-refractivity contribution in [3.8, 4) is 0 Å². The first-order valence-electron chi connectivity index (χ1n) is 7.62. The Kier molecular flexibility index (Phi) is 6.13. The van der Waals surface area contributed by atoms with Gasteiger partial charge in [-0.05, 0) is 31.0 Å². The number of nitrogens with two attached hydrogens (primary N) is 3. The van der Waals surface area contributed by atoms with Crippen molar-refractivity contribution in [1.29, 1.82) is 0 Å². The summed E-state index contributed by atoms with van der Waals surface area (Å²) in [6.07, 6.45) is 5.33. The summed E-state index contributed by atoms with van der Waals surface area (Å²) in [6, 6.07) is -0.568. The molecule has 128 valence electrons. The summed E-state index contributed by atoms with van der Waals surface area (Å²) in [6.45, 7) is 5.91. The third-order valence-corrected chi connectivity index (χ3v) is 9.26. The number of hydrogen-bond acceptors (Lipinski definition) is 6. The highest BCUT2D eigenvalue weighted by molar-refractivity contribution is 6.79. The van der Waals surface area contributed by atoms with Gasteiger partial charge in [-0.15, -0.1) is 0 Å². The summed E-state index contributed by atoms with van der Waals surface area (Å²) in [5.41, 5.74) is 19.1. The van der Waals surface area contributed by atoms with Crippen LogP contribution < -0.4 is 17.2 Å². The van der Waals surface area contributed by atoms with Crippen LogP contribution in [0.4, 0.5) is 0 Å². The van der Waals surface area contributed by atoms with Gasteiger partial charge in [-0.1, -0.05) is 25.5 Å². The summed E-state index contributed by atoms with van der Waals surface area (Å²) in [5, 5.41) is -0.0409. The van der Waals surface area contributed by atoms with Crippen LogP contribution in [0.15, 0.2) is 22.9 Å². The highest BCUT2D eigenvalue weighted by Crippen LogP contribution is 2.49. The van der Waals surface area contributed by atoms with Crippen molar-refractivity contribution in [2.24, 2.45) is 17.2 Å². The lowest BCUT2D eigenvalue weighted by Gasteiger charge is -2.59. The van der Waals surface area contributed by atoms with E-state index in [4.69, 9.17) is 30.8 Å². The fourth-order valence-electron chi connectivity index (χ4n) is 3.84. The first-order chi connectivity index (χ1) is 10.3. The molecule has 22 heavy (non-hydrogen) atoms. The molecule has 0 aromatic carbocycles. The molecule has 1 rings (SSSR count). The summed E-state index contributed by atoms with van der Waals surface area (Å²) in [7, 11) is 1.78. The molecular formula is C15H31N3O3Si. The topological polar surface area (TPSA) is 106 Å². The fraction of sp³-hybridized carbons (Fsp3) is 0.733. The molecule has 1 saturated heterocycles. The molecule has 1 fully saturated rings. The second kappa shape index (κ2) is 6.92. The van der Waals surface area contributed by atoms with Crippen LogP contribution in [0.1, 0.15) is 33.6 Å². The molecule has 0 saturated carbocycles. The minimum Gasteiger partial charge on any atom is -0.393 e. The van der Waals surface area contributed by atoms with E-state index in [1.807, 2.05) is 32.9 Å². The van der Waals surface area contributed by atoms with Gasteiger partial charge in [0.15, 0.2) is 0 Å². The molecule has 0 radical (unpaired) electrons. The number of ether oxygens (including phenoxy) is 1. The molecule has 0 spiro atoms. The van der Waals surface area contributed by atoms with E-state index in [1.54, 1.807) is 21.3 Å². The van der Waals surface area contributed by atoms with Crippen LogP contribution in [0.3, 0.4) is 0 Å². The zero-order chi connectivity index (χ0) is 17.2. The summed E-state index contributed by atoms with van der Waals surface area (Å²) >= 11 is 0. The van der Waals surface area contributed by atoms with Crippen molar-refractivity contribution in [2.75, 3.05) is 21.3 Å². The van der Waals surface area contributed by atoms with Crippen molar-refractivity contribution in [3.05, 3.63) is 22.9 Å². The van der Waals surface area contributed by atoms with Crippen LogP contribution in [-0.2, 0) is 13.6 Å². The van der Waals surface area contributed by atoms with Crippen molar-refractivity contribution < 1.29 is 13.6 Å². The molecule has 1 aliphatic heterocycles. The molecule has 6 nitrogen and oxygen atoms in total. The second-order valence-corrected chi connectivity index (χ2v) is 9.06. The quantitative estimate of drug-likeness (QED) is 0.510. The Morgan fingerprint density at radius 1 is 1.14 bits per heavy atom. The van der Waals surface area contributed by atoms with Gasteiger partial charge in [-0.3, -0.25) is 0 Å². The van der Waals surface area contributed by atoms with Crippen LogP contribution in [-0.4, -0.2) is 46.8 Å². The highest BCUT2D eigenvalue weighted by Gasteiger charge is 2.73. The van der Waals surface area contributed by atoms with E-state index in [9.17, 15) is 0 Å². The molecule has 7 heteroatoms. The van der Waals surface area contributed by atoms with Gasteiger partial charge in [0, 0.05) is 21.3 Å². The van der Waals surface area contributed by atoms with E-state index in [-0.39, 0.29) is 0 Å². The Labute approximate surface area is 134 Å². The SMILES string of the molecule is CC=C1C(=CC)[Si](OC)(OC)C(CCC)(OC)C(N)(N)C1N. The predicted octanol–water partition coefficient (Wildman–Crippen LogP) is 0.832. The van der Waals surface area contributed by atoms with Gasteiger partial charge in [-0.25, -0.2) is 0 Å². The van der Waals surface area contributed by atoms with Crippen molar-refractivity contribution in [3.63, 3.8) is 0 Å². The fourth-order valence-corrected chi connectivity index (χ4v) is 8.17. The van der Waals surface area contributed by atoms with E-state index < -0.39 is 25.5 Å². The largest absolute Gasteiger partial charge is 0.408 e. The Morgan fingerprint density at radius 2 is 1.68 bits per heavy atom. The molecule has 1 aliphatic rings. The van der Waals surface area contributed by atoms with Gasteiger partial charge in [0.25, 0.3) is 0 Å². The first kappa shape index (κ1) is 19.5. The molecule has 6 N–H and O–H groups in total. The number of methoxy groups -OCH3 is 1. The normalized spacial score (nSPS) is 34.3. The Hall–Kier alpha value is -0.543. The van der Waals surface area contributed by atoms with E-state index in [0.29, 0.717) is 6.42 Å². The molecular weight excluding hydrogens is 298 g/mol. The third-order valence-electron chi connectivity index (χ3n) is 4.87. The average molecular weight is 330 g/mol. The summed E-state index contributed by atoms with van der Waals surface area (Å²) in [4.78, 5) is 0. The lowest BCUT2D eigenvalue weighted by atomic mass is 9.85. The van der Waals surface area contributed by atoms with Crippen molar-refractivity contribution >= 4 is 8.56 Å². The molecule has 1 heterocycles. The van der Waals surface area contributed by atoms with Gasteiger partial charge in [0.1, 0.15) is 10.9 Å². The van der Waals surface area contributed by atoms with Crippen LogP contribution in [0.5, 0.6) is 0 Å². The van der Waals surface area contributed by atoms with Crippen LogP contribution in [0.25, 0.3) is 0 Å². The average Bonchev–Trinajstić information content (AvgIpc) is 2.52. The number of rotatable bonds is 5. The number of allylic oxidation sites excluding steroid dienone is 2. The zero-order valence-electron chi connectivity index (χ0n) is 14.6. The van der Waals surface area contributed by atoms with Crippen LogP contribution >= 0.6 is 0 Å². The van der Waals surface area contributed by atoms with Gasteiger partial charge in [-0.2, -0.15) is 0 Å². The maximum absolute atomic E-state index is 6.54. The first-order valence-corrected chi connectivity index (χ1v) is 9.43. The standard InChI is InChI=1S/C15H31N3O3Si/c1-7-10-14(19-4)15(17,18)13(16)11(8-2)12(9-3)22(14,20-5)21-6/h8-9,13H,7,10,16-18H2,1-6H3. The lowest BCUT2D eigenvalue weighted by Crippen LogP contribution is -2.88. The van der Waals surface area contributed by atoms with Crippen LogP contribution in [0, 0.1) is 0 Å². The summed E-state index contributed by atoms with van der Waals surface area (Å²) in [5.74, 6) is 0. The van der Waals surface area contributed by atoms with Crippen molar-refractivity contribution in [1.82, 2.24) is 0 Å². The number of hydrogen-bond donors (Lipinski definition) is 3. The molecule has 2 unspecified atom stereocenters. The van der Waals surface area contributed by atoms with Gasteiger partial charge in [0.05, 0.1) is 6.04 Å². The third kappa shape index (κ3) is 2.24. The molecule has 0 aromatic heterocycles. The van der Waals surface area contributed by atoms with E-state index >= 15 is 0 Å².